The predicted octanol–water partition coefficient (Wildman–Crippen LogP) is 14.8. The molecule has 12 aromatic rings. The first-order valence-electron chi connectivity index (χ1n) is 20.2. The van der Waals surface area contributed by atoms with Crippen LogP contribution in [-0.4, -0.2) is 19.5 Å². The zero-order valence-corrected chi connectivity index (χ0v) is 33.1. The lowest BCUT2D eigenvalue weighted by atomic mass is 9.99. The summed E-state index contributed by atoms with van der Waals surface area (Å²) in [7, 11) is 0. The lowest BCUT2D eigenvalue weighted by Gasteiger charge is -2.16. The standard InChI is InChI=1S/C55H34N4S/c1-3-13-36(14-4-1)42-30-27-41(34-49(42)59-47-21-11-9-19-44(47)45-20-10-12-22-48(45)59)55-57-53(38-16-5-2-6-17-38)56-54(58-55)39-25-23-35(24-26-39)40-29-31-50-46(33-40)52-43-18-8-7-15-37(43)28-32-51(52)60-50/h1-34H. The Morgan fingerprint density at radius 2 is 0.850 bits per heavy atom. The predicted molar refractivity (Wildman–Crippen MR) is 252 cm³/mol. The lowest BCUT2D eigenvalue weighted by Crippen LogP contribution is -2.02. The molecule has 280 valence electrons. The second-order valence-electron chi connectivity index (χ2n) is 15.2. The van der Waals surface area contributed by atoms with Gasteiger partial charge < -0.3 is 4.57 Å². The van der Waals surface area contributed by atoms with Crippen LogP contribution in [0.4, 0.5) is 0 Å². The molecule has 0 aliphatic carbocycles. The molecule has 0 amide bonds. The maximum Gasteiger partial charge on any atom is 0.164 e. The average Bonchev–Trinajstić information content (AvgIpc) is 3.88. The highest BCUT2D eigenvalue weighted by atomic mass is 32.1. The fourth-order valence-corrected chi connectivity index (χ4v) is 9.89. The Bertz CT molecular complexity index is 3530. The van der Waals surface area contributed by atoms with Crippen molar-refractivity contribution in [1.82, 2.24) is 19.5 Å². The smallest absolute Gasteiger partial charge is 0.164 e. The van der Waals surface area contributed by atoms with Crippen LogP contribution in [-0.2, 0) is 0 Å². The van der Waals surface area contributed by atoms with Gasteiger partial charge in [-0.3, -0.25) is 0 Å². The van der Waals surface area contributed by atoms with Gasteiger partial charge in [0.15, 0.2) is 17.5 Å². The van der Waals surface area contributed by atoms with E-state index in [2.05, 4.69) is 193 Å². The minimum atomic E-state index is 0.617. The van der Waals surface area contributed by atoms with Crippen LogP contribution in [0.2, 0.25) is 0 Å². The fourth-order valence-electron chi connectivity index (χ4n) is 8.79. The molecule has 9 aromatic carbocycles. The third-order valence-corrected chi connectivity index (χ3v) is 12.8. The number of hydrogen-bond donors (Lipinski definition) is 0. The second kappa shape index (κ2) is 14.0. The van der Waals surface area contributed by atoms with Crippen molar-refractivity contribution in [2.24, 2.45) is 0 Å². The first-order chi connectivity index (χ1) is 29.7. The number of rotatable bonds is 6. The number of para-hydroxylation sites is 2. The SMILES string of the molecule is c1ccc(-c2nc(-c3ccc(-c4ccc5sc6ccc7ccccc7c6c5c4)cc3)nc(-c3ccc(-c4ccccc4)c(-n4c5ccccc5c5ccccc54)c3)n2)cc1. The molecule has 0 aliphatic rings. The van der Waals surface area contributed by atoms with E-state index in [1.54, 1.807) is 0 Å². The van der Waals surface area contributed by atoms with E-state index < -0.39 is 0 Å². The molecule has 0 bridgehead atoms. The van der Waals surface area contributed by atoms with E-state index >= 15 is 0 Å². The van der Waals surface area contributed by atoms with Gasteiger partial charge in [0.1, 0.15) is 0 Å². The van der Waals surface area contributed by atoms with Crippen molar-refractivity contribution in [3.8, 4) is 62.1 Å². The molecule has 0 N–H and O–H groups in total. The summed E-state index contributed by atoms with van der Waals surface area (Å²) in [6, 6.07) is 73.3. The number of hydrogen-bond acceptors (Lipinski definition) is 4. The first-order valence-corrected chi connectivity index (χ1v) is 21.0. The normalized spacial score (nSPS) is 11.7. The highest BCUT2D eigenvalue weighted by Crippen LogP contribution is 2.41. The highest BCUT2D eigenvalue weighted by molar-refractivity contribution is 7.26. The van der Waals surface area contributed by atoms with E-state index in [0.717, 1.165) is 50.1 Å². The third kappa shape index (κ3) is 5.70. The number of fused-ring (bicyclic) bond motifs is 8. The number of nitrogens with zero attached hydrogens (tertiary/aromatic N) is 4. The molecular formula is C55H34N4S. The second-order valence-corrected chi connectivity index (χ2v) is 16.3. The van der Waals surface area contributed by atoms with Crippen LogP contribution >= 0.6 is 11.3 Å². The summed E-state index contributed by atoms with van der Waals surface area (Å²) < 4.78 is 4.99. The van der Waals surface area contributed by atoms with Gasteiger partial charge in [0.25, 0.3) is 0 Å². The number of aromatic nitrogens is 4. The summed E-state index contributed by atoms with van der Waals surface area (Å²) in [6.07, 6.45) is 0. The first kappa shape index (κ1) is 34.3. The van der Waals surface area contributed by atoms with Crippen molar-refractivity contribution in [2.75, 3.05) is 0 Å². The molecule has 3 aromatic heterocycles. The van der Waals surface area contributed by atoms with Gasteiger partial charge in [-0.2, -0.15) is 0 Å². The molecule has 0 spiro atoms. The fraction of sp³-hybridized carbons (Fsp3) is 0. The number of benzene rings is 9. The molecule has 0 radical (unpaired) electrons. The molecule has 0 saturated carbocycles. The maximum atomic E-state index is 5.22. The largest absolute Gasteiger partial charge is 0.309 e. The Morgan fingerprint density at radius 1 is 0.333 bits per heavy atom. The summed E-state index contributed by atoms with van der Waals surface area (Å²) >= 11 is 1.86. The van der Waals surface area contributed by atoms with Crippen LogP contribution in [0, 0.1) is 0 Å². The molecule has 60 heavy (non-hydrogen) atoms. The van der Waals surface area contributed by atoms with Gasteiger partial charge in [0.05, 0.1) is 16.7 Å². The van der Waals surface area contributed by atoms with Crippen LogP contribution in [0.1, 0.15) is 0 Å². The zero-order chi connectivity index (χ0) is 39.6. The summed E-state index contributed by atoms with van der Waals surface area (Å²) in [5, 5.41) is 7.61. The molecule has 0 atom stereocenters. The van der Waals surface area contributed by atoms with Crippen molar-refractivity contribution < 1.29 is 0 Å². The molecule has 3 heterocycles. The highest BCUT2D eigenvalue weighted by Gasteiger charge is 2.19. The van der Waals surface area contributed by atoms with Gasteiger partial charge in [-0.1, -0.05) is 170 Å². The Morgan fingerprint density at radius 3 is 1.55 bits per heavy atom. The molecule has 0 saturated heterocycles. The minimum Gasteiger partial charge on any atom is -0.309 e. The zero-order valence-electron chi connectivity index (χ0n) is 32.3. The topological polar surface area (TPSA) is 43.6 Å². The average molecular weight is 783 g/mol. The molecule has 12 rings (SSSR count). The van der Waals surface area contributed by atoms with E-state index in [4.69, 9.17) is 15.0 Å². The Labute approximate surface area is 350 Å². The van der Waals surface area contributed by atoms with Crippen molar-refractivity contribution >= 4 is 64.1 Å². The van der Waals surface area contributed by atoms with Gasteiger partial charge in [-0.15, -0.1) is 11.3 Å². The lowest BCUT2D eigenvalue weighted by molar-refractivity contribution is 1.07. The summed E-state index contributed by atoms with van der Waals surface area (Å²) in [6.45, 7) is 0. The van der Waals surface area contributed by atoms with Gasteiger partial charge >= 0.3 is 0 Å². The summed E-state index contributed by atoms with van der Waals surface area (Å²) in [4.78, 5) is 15.5. The monoisotopic (exact) mass is 782 g/mol. The number of thiophene rings is 1. The van der Waals surface area contributed by atoms with Crippen molar-refractivity contribution in [1.29, 1.82) is 0 Å². The Balaban J connectivity index is 1.00. The van der Waals surface area contributed by atoms with Gasteiger partial charge in [-0.25, -0.2) is 15.0 Å². The van der Waals surface area contributed by atoms with Crippen LogP contribution in [0.5, 0.6) is 0 Å². The summed E-state index contributed by atoms with van der Waals surface area (Å²) in [5.41, 5.74) is 10.7. The molecule has 0 unspecified atom stereocenters. The quantitative estimate of drug-likeness (QED) is 0.169. The minimum absolute atomic E-state index is 0.617. The van der Waals surface area contributed by atoms with Crippen molar-refractivity contribution in [3.05, 3.63) is 206 Å². The Hall–Kier alpha value is -7.73. The van der Waals surface area contributed by atoms with Crippen LogP contribution < -0.4 is 0 Å². The van der Waals surface area contributed by atoms with Crippen LogP contribution in [0.3, 0.4) is 0 Å². The van der Waals surface area contributed by atoms with Crippen molar-refractivity contribution in [3.63, 3.8) is 0 Å². The van der Waals surface area contributed by atoms with Crippen molar-refractivity contribution in [2.45, 2.75) is 0 Å². The van der Waals surface area contributed by atoms with E-state index in [1.807, 2.05) is 29.5 Å². The molecule has 0 fully saturated rings. The van der Waals surface area contributed by atoms with E-state index in [9.17, 15) is 0 Å². The van der Waals surface area contributed by atoms with E-state index in [1.165, 1.54) is 47.3 Å². The van der Waals surface area contributed by atoms with Gasteiger partial charge in [0.2, 0.25) is 0 Å². The van der Waals surface area contributed by atoms with Crippen LogP contribution in [0.25, 0.3) is 115 Å². The van der Waals surface area contributed by atoms with Crippen LogP contribution in [0.15, 0.2) is 206 Å². The molecule has 5 heteroatoms. The molecular weight excluding hydrogens is 749 g/mol. The third-order valence-electron chi connectivity index (χ3n) is 11.7. The van der Waals surface area contributed by atoms with Gasteiger partial charge in [-0.05, 0) is 63.9 Å². The summed E-state index contributed by atoms with van der Waals surface area (Å²) in [5.74, 6) is 1.88. The molecule has 0 aliphatic heterocycles. The van der Waals surface area contributed by atoms with Gasteiger partial charge in [0, 0.05) is 53.2 Å². The van der Waals surface area contributed by atoms with E-state index in [-0.39, 0.29) is 0 Å². The van der Waals surface area contributed by atoms with E-state index in [0.29, 0.717) is 17.5 Å². The molecule has 4 nitrogen and oxygen atoms in total. The Kier molecular flexibility index (Phi) is 8.00. The maximum absolute atomic E-state index is 5.22.